The van der Waals surface area contributed by atoms with E-state index in [4.69, 9.17) is 33.4 Å². The van der Waals surface area contributed by atoms with E-state index in [2.05, 4.69) is 31.4 Å². The number of halogens is 1. The van der Waals surface area contributed by atoms with E-state index in [1.165, 1.54) is 0 Å². The van der Waals surface area contributed by atoms with Crippen LogP contribution in [-0.2, 0) is 9.68 Å². The molecule has 0 heterocycles. The number of nitrogens with two attached hydrogens (primary N) is 2. The molecule has 0 aliphatic carbocycles. The van der Waals surface area contributed by atoms with Gasteiger partial charge in [-0.05, 0) is 24.1 Å². The molecule has 0 saturated carbocycles. The highest BCUT2D eigenvalue weighted by atomic mass is 35.5. The molecule has 1 rings (SSSR count). The lowest BCUT2D eigenvalue weighted by molar-refractivity contribution is 0.0825. The predicted octanol–water partition coefficient (Wildman–Crippen LogP) is 1.24. The number of nitrogens with zero attached hydrogens (tertiary/aromatic N) is 2. The minimum absolute atomic E-state index is 0.0262. The van der Waals surface area contributed by atoms with Crippen LogP contribution >= 0.6 is 11.6 Å². The lowest BCUT2D eigenvalue weighted by atomic mass is 10.2. The number of nitrogens with one attached hydrogen (secondary N) is 4. The second-order valence-electron chi connectivity index (χ2n) is 4.67. The number of guanidine groups is 2. The highest BCUT2D eigenvalue weighted by Gasteiger charge is 1.95. The first-order chi connectivity index (χ1) is 12.5. The van der Waals surface area contributed by atoms with Gasteiger partial charge in [-0.15, -0.1) is 0 Å². The van der Waals surface area contributed by atoms with Crippen LogP contribution in [-0.4, -0.2) is 31.3 Å². The van der Waals surface area contributed by atoms with Gasteiger partial charge >= 0.3 is 0 Å². The summed E-state index contributed by atoms with van der Waals surface area (Å²) in [7, 11) is 0. The van der Waals surface area contributed by atoms with Gasteiger partial charge in [-0.3, -0.25) is 15.7 Å². The zero-order chi connectivity index (χ0) is 19.6. The summed E-state index contributed by atoms with van der Waals surface area (Å²) in [6, 6.07) is 7.31. The fraction of sp³-hybridized carbons (Fsp3) is 0.400. The van der Waals surface area contributed by atoms with Crippen LogP contribution < -0.4 is 27.9 Å². The van der Waals surface area contributed by atoms with Crippen LogP contribution in [0.15, 0.2) is 34.5 Å². The third-order valence-corrected chi connectivity index (χ3v) is 2.72. The van der Waals surface area contributed by atoms with Crippen LogP contribution in [0.1, 0.15) is 32.3 Å². The predicted molar refractivity (Wildman–Crippen MR) is 104 cm³/mol. The van der Waals surface area contributed by atoms with Crippen LogP contribution in [0.3, 0.4) is 0 Å². The summed E-state index contributed by atoms with van der Waals surface area (Å²) in [5.41, 5.74) is 12.9. The summed E-state index contributed by atoms with van der Waals surface area (Å²) in [4.78, 5) is 9.59. The SMILES string of the molecule is CCCON=C(N)NN.CCCONC(=N)NN=Cc1ccccc1Cl. The molecule has 0 aromatic heterocycles. The average Bonchev–Trinajstić information content (AvgIpc) is 2.64. The van der Waals surface area contributed by atoms with Crippen LogP contribution in [0.5, 0.6) is 0 Å². The van der Waals surface area contributed by atoms with Gasteiger partial charge < -0.3 is 10.6 Å². The van der Waals surface area contributed by atoms with Gasteiger partial charge in [-0.2, -0.15) is 5.10 Å². The number of hydrogen-bond acceptors (Lipinski definition) is 6. The molecule has 0 atom stereocenters. The Morgan fingerprint density at radius 1 is 1.27 bits per heavy atom. The van der Waals surface area contributed by atoms with Crippen molar-refractivity contribution < 1.29 is 9.68 Å². The molecule has 0 unspecified atom stereocenters. The molecule has 146 valence electrons. The third kappa shape index (κ3) is 12.8. The zero-order valence-electron chi connectivity index (χ0n) is 15.0. The topological polar surface area (TPSA) is 155 Å². The van der Waals surface area contributed by atoms with E-state index in [1.54, 1.807) is 12.3 Å². The van der Waals surface area contributed by atoms with Crippen molar-refractivity contribution in [1.29, 1.82) is 5.41 Å². The molecule has 1 aromatic carbocycles. The molecule has 0 fully saturated rings. The maximum Gasteiger partial charge on any atom is 0.245 e. The molecule has 0 spiro atoms. The number of hydrazone groups is 1. The normalized spacial score (nSPS) is 10.7. The minimum Gasteiger partial charge on any atom is -0.393 e. The van der Waals surface area contributed by atoms with Gasteiger partial charge in [0, 0.05) is 10.6 Å². The van der Waals surface area contributed by atoms with Crippen molar-refractivity contribution in [3.63, 3.8) is 0 Å². The molecule has 0 saturated heterocycles. The highest BCUT2D eigenvalue weighted by molar-refractivity contribution is 6.33. The van der Waals surface area contributed by atoms with Gasteiger partial charge in [-0.1, -0.05) is 43.6 Å². The lowest BCUT2D eigenvalue weighted by Crippen LogP contribution is -2.37. The van der Waals surface area contributed by atoms with E-state index in [1.807, 2.05) is 32.0 Å². The lowest BCUT2D eigenvalue weighted by Gasteiger charge is -2.05. The molecule has 10 nitrogen and oxygen atoms in total. The average molecular weight is 387 g/mol. The Labute approximate surface area is 158 Å². The molecule has 0 aliphatic heterocycles. The molecule has 0 bridgehead atoms. The van der Waals surface area contributed by atoms with Crippen molar-refractivity contribution >= 4 is 29.7 Å². The van der Waals surface area contributed by atoms with Crippen molar-refractivity contribution in [2.75, 3.05) is 13.2 Å². The van der Waals surface area contributed by atoms with Gasteiger partial charge in [0.05, 0.1) is 12.8 Å². The first kappa shape index (κ1) is 23.4. The summed E-state index contributed by atoms with van der Waals surface area (Å²) in [6.45, 7) is 5.05. The van der Waals surface area contributed by atoms with E-state index in [-0.39, 0.29) is 11.9 Å². The van der Waals surface area contributed by atoms with E-state index >= 15 is 0 Å². The molecule has 11 heteroatoms. The van der Waals surface area contributed by atoms with Gasteiger partial charge in [0.25, 0.3) is 0 Å². The van der Waals surface area contributed by atoms with Crippen LogP contribution in [0.4, 0.5) is 0 Å². The molecular weight excluding hydrogens is 360 g/mol. The Hall–Kier alpha value is -2.56. The van der Waals surface area contributed by atoms with Gasteiger partial charge in [0.1, 0.15) is 6.61 Å². The first-order valence-electron chi connectivity index (χ1n) is 7.97. The number of hydrazine groups is 1. The van der Waals surface area contributed by atoms with Crippen molar-refractivity contribution in [3.8, 4) is 0 Å². The van der Waals surface area contributed by atoms with Gasteiger partial charge in [-0.25, -0.2) is 16.7 Å². The molecule has 0 radical (unpaired) electrons. The first-order valence-corrected chi connectivity index (χ1v) is 8.34. The van der Waals surface area contributed by atoms with Crippen molar-refractivity contribution in [3.05, 3.63) is 34.9 Å². The molecular formula is C15H27ClN8O2. The molecule has 0 aliphatic rings. The Bertz CT molecular complexity index is 568. The number of hydroxylamine groups is 1. The maximum atomic E-state index is 7.39. The standard InChI is InChI=1S/C11H15ClN4O.C4H12N4O/c1-2-7-17-16-11(13)15-14-8-9-5-3-4-6-10(9)12;1-2-3-9-8-4(5)7-6/h3-6,8H,2,7H2,1H3,(H3,13,15,16);2-3,6H2,1H3,(H3,5,7,8). The number of rotatable bonds is 8. The fourth-order valence-corrected chi connectivity index (χ4v) is 1.41. The van der Waals surface area contributed by atoms with Crippen molar-refractivity contribution in [2.45, 2.75) is 26.7 Å². The molecule has 1 aromatic rings. The quantitative estimate of drug-likeness (QED) is 0.129. The van der Waals surface area contributed by atoms with Gasteiger partial charge in [0.2, 0.25) is 11.9 Å². The summed E-state index contributed by atoms with van der Waals surface area (Å²) in [5.74, 6) is 4.93. The van der Waals surface area contributed by atoms with Crippen LogP contribution in [0, 0.1) is 5.41 Å². The molecule has 26 heavy (non-hydrogen) atoms. The number of benzene rings is 1. The second-order valence-corrected chi connectivity index (χ2v) is 5.08. The number of hydrogen-bond donors (Lipinski definition) is 6. The van der Waals surface area contributed by atoms with E-state index < -0.39 is 0 Å². The monoisotopic (exact) mass is 386 g/mol. The third-order valence-electron chi connectivity index (χ3n) is 2.37. The minimum atomic E-state index is -0.0262. The van der Waals surface area contributed by atoms with E-state index in [9.17, 15) is 0 Å². The fourth-order valence-electron chi connectivity index (χ4n) is 1.23. The maximum absolute atomic E-state index is 7.39. The summed E-state index contributed by atoms with van der Waals surface area (Å²) in [5, 5.41) is 15.2. The second kappa shape index (κ2) is 15.9. The smallest absolute Gasteiger partial charge is 0.245 e. The van der Waals surface area contributed by atoms with E-state index in [0.29, 0.717) is 18.2 Å². The van der Waals surface area contributed by atoms with Crippen LogP contribution in [0.25, 0.3) is 0 Å². The van der Waals surface area contributed by atoms with Crippen LogP contribution in [0.2, 0.25) is 5.02 Å². The largest absolute Gasteiger partial charge is 0.393 e. The summed E-state index contributed by atoms with van der Waals surface area (Å²) >= 11 is 5.93. The Morgan fingerprint density at radius 3 is 2.58 bits per heavy atom. The number of oxime groups is 1. The Balaban J connectivity index is 0.000000590. The zero-order valence-corrected chi connectivity index (χ0v) is 15.7. The molecule has 8 N–H and O–H groups in total. The van der Waals surface area contributed by atoms with Crippen molar-refractivity contribution in [2.24, 2.45) is 21.8 Å². The van der Waals surface area contributed by atoms with Crippen molar-refractivity contribution in [1.82, 2.24) is 16.3 Å². The summed E-state index contributed by atoms with van der Waals surface area (Å²) in [6.07, 6.45) is 3.32. The summed E-state index contributed by atoms with van der Waals surface area (Å²) < 4.78 is 0. The van der Waals surface area contributed by atoms with Gasteiger partial charge in [0.15, 0.2) is 0 Å². The molecule has 0 amide bonds. The highest BCUT2D eigenvalue weighted by Crippen LogP contribution is 2.11. The Kier molecular flexibility index (Phi) is 14.4. The van der Waals surface area contributed by atoms with E-state index in [0.717, 1.165) is 18.4 Å². The Morgan fingerprint density at radius 2 is 1.96 bits per heavy atom.